The van der Waals surface area contributed by atoms with Crippen LogP contribution in [0, 0.1) is 5.82 Å². The predicted octanol–water partition coefficient (Wildman–Crippen LogP) is 4.15. The number of alkyl halides is 1. The Balaban J connectivity index is 2.66. The van der Waals surface area contributed by atoms with Gasteiger partial charge in [-0.1, -0.05) is 40.5 Å². The van der Waals surface area contributed by atoms with Gasteiger partial charge in [0.2, 0.25) is 0 Å². The smallest absolute Gasteiger partial charge is 0.146 e. The van der Waals surface area contributed by atoms with Crippen LogP contribution < -0.4 is 0 Å². The standard InChI is InChI=1S/C12H13BrClFO/c1-2-3-12(16)9(13)6-8-4-5-10(14)11(15)7-8/h4-5,7,9H,2-3,6H2,1H3. The Labute approximate surface area is 108 Å². The Kier molecular flexibility index (Phi) is 5.42. The fourth-order valence-corrected chi connectivity index (χ4v) is 2.11. The van der Waals surface area contributed by atoms with Crippen LogP contribution in [0.4, 0.5) is 4.39 Å². The van der Waals surface area contributed by atoms with Gasteiger partial charge in [-0.2, -0.15) is 0 Å². The Hall–Kier alpha value is -0.410. The zero-order valence-corrected chi connectivity index (χ0v) is 11.3. The van der Waals surface area contributed by atoms with Gasteiger partial charge in [-0.15, -0.1) is 0 Å². The zero-order valence-electron chi connectivity index (χ0n) is 8.97. The lowest BCUT2D eigenvalue weighted by Gasteiger charge is -2.08. The molecule has 4 heteroatoms. The van der Waals surface area contributed by atoms with Gasteiger partial charge in [0.05, 0.1) is 9.85 Å². The van der Waals surface area contributed by atoms with Crippen LogP contribution >= 0.6 is 27.5 Å². The zero-order chi connectivity index (χ0) is 12.1. The van der Waals surface area contributed by atoms with Gasteiger partial charge in [-0.25, -0.2) is 4.39 Å². The number of Topliss-reactive ketones (excluding diaryl/α,β-unsaturated/α-hetero) is 1. The van der Waals surface area contributed by atoms with Gasteiger partial charge in [0, 0.05) is 6.42 Å². The van der Waals surface area contributed by atoms with Crippen LogP contribution in [0.25, 0.3) is 0 Å². The van der Waals surface area contributed by atoms with E-state index >= 15 is 0 Å². The van der Waals surface area contributed by atoms with Crippen molar-refractivity contribution in [2.75, 3.05) is 0 Å². The van der Waals surface area contributed by atoms with Gasteiger partial charge in [0.25, 0.3) is 0 Å². The van der Waals surface area contributed by atoms with Gasteiger partial charge in [-0.05, 0) is 30.5 Å². The molecule has 0 aromatic heterocycles. The highest BCUT2D eigenvalue weighted by molar-refractivity contribution is 9.10. The highest BCUT2D eigenvalue weighted by atomic mass is 79.9. The maximum atomic E-state index is 13.1. The topological polar surface area (TPSA) is 17.1 Å². The molecule has 0 amide bonds. The molecule has 0 N–H and O–H groups in total. The third-order valence-corrected chi connectivity index (χ3v) is 3.39. The SMILES string of the molecule is CCCC(=O)C(Br)Cc1ccc(Cl)c(F)c1. The van der Waals surface area contributed by atoms with E-state index in [0.717, 1.165) is 12.0 Å². The lowest BCUT2D eigenvalue weighted by atomic mass is 10.1. The van der Waals surface area contributed by atoms with Crippen molar-refractivity contribution in [2.24, 2.45) is 0 Å². The molecule has 0 spiro atoms. The number of halogens is 3. The van der Waals surface area contributed by atoms with Gasteiger partial charge in [-0.3, -0.25) is 4.79 Å². The van der Waals surface area contributed by atoms with Crippen molar-refractivity contribution >= 4 is 33.3 Å². The van der Waals surface area contributed by atoms with E-state index in [0.29, 0.717) is 12.8 Å². The highest BCUT2D eigenvalue weighted by Crippen LogP contribution is 2.19. The quantitative estimate of drug-likeness (QED) is 0.747. The second kappa shape index (κ2) is 6.36. The summed E-state index contributed by atoms with van der Waals surface area (Å²) in [5.41, 5.74) is 0.772. The van der Waals surface area contributed by atoms with Crippen LogP contribution in [0.2, 0.25) is 5.02 Å². The highest BCUT2D eigenvalue weighted by Gasteiger charge is 2.14. The summed E-state index contributed by atoms with van der Waals surface area (Å²) in [6.07, 6.45) is 1.87. The summed E-state index contributed by atoms with van der Waals surface area (Å²) >= 11 is 8.89. The number of rotatable bonds is 5. The number of hydrogen-bond donors (Lipinski definition) is 0. The Morgan fingerprint density at radius 3 is 2.81 bits per heavy atom. The number of carbonyl (C=O) groups is 1. The lowest BCUT2D eigenvalue weighted by molar-refractivity contribution is -0.118. The van der Waals surface area contributed by atoms with Crippen molar-refractivity contribution in [1.29, 1.82) is 0 Å². The van der Waals surface area contributed by atoms with Gasteiger partial charge >= 0.3 is 0 Å². The third kappa shape index (κ3) is 3.87. The molecule has 1 unspecified atom stereocenters. The molecular formula is C12H13BrClFO. The van der Waals surface area contributed by atoms with Crippen molar-refractivity contribution in [3.8, 4) is 0 Å². The fraction of sp³-hybridized carbons (Fsp3) is 0.417. The summed E-state index contributed by atoms with van der Waals surface area (Å²) < 4.78 is 13.1. The van der Waals surface area contributed by atoms with Crippen molar-refractivity contribution in [2.45, 2.75) is 31.0 Å². The molecule has 0 aliphatic carbocycles. The van der Waals surface area contributed by atoms with E-state index in [4.69, 9.17) is 11.6 Å². The minimum atomic E-state index is -0.443. The van der Waals surface area contributed by atoms with E-state index in [-0.39, 0.29) is 15.6 Å². The molecular weight excluding hydrogens is 294 g/mol. The number of carbonyl (C=O) groups excluding carboxylic acids is 1. The summed E-state index contributed by atoms with van der Waals surface area (Å²) in [4.78, 5) is 11.3. The number of ketones is 1. The molecule has 0 saturated carbocycles. The molecule has 0 radical (unpaired) electrons. The first-order valence-corrected chi connectivity index (χ1v) is 6.44. The van der Waals surface area contributed by atoms with Gasteiger partial charge in [0.15, 0.2) is 0 Å². The minimum absolute atomic E-state index is 0.106. The summed E-state index contributed by atoms with van der Waals surface area (Å²) in [6.45, 7) is 1.96. The molecule has 0 heterocycles. The first kappa shape index (κ1) is 13.7. The third-order valence-electron chi connectivity index (χ3n) is 2.24. The van der Waals surface area contributed by atoms with Crippen LogP contribution in [0.15, 0.2) is 18.2 Å². The summed E-state index contributed by atoms with van der Waals surface area (Å²) in [7, 11) is 0. The van der Waals surface area contributed by atoms with Crippen LogP contribution in [-0.2, 0) is 11.2 Å². The van der Waals surface area contributed by atoms with Crippen molar-refractivity contribution < 1.29 is 9.18 Å². The fourth-order valence-electron chi connectivity index (χ4n) is 1.39. The van der Waals surface area contributed by atoms with Gasteiger partial charge in [0.1, 0.15) is 11.6 Å². The summed E-state index contributed by atoms with van der Waals surface area (Å²) in [6, 6.07) is 4.62. The van der Waals surface area contributed by atoms with E-state index in [1.54, 1.807) is 6.07 Å². The second-order valence-electron chi connectivity index (χ2n) is 3.64. The van der Waals surface area contributed by atoms with E-state index in [1.165, 1.54) is 12.1 Å². The molecule has 1 aromatic carbocycles. The van der Waals surface area contributed by atoms with E-state index in [2.05, 4.69) is 15.9 Å². The molecule has 0 aliphatic heterocycles. The molecule has 1 rings (SSSR count). The number of benzene rings is 1. The van der Waals surface area contributed by atoms with E-state index < -0.39 is 5.82 Å². The first-order chi connectivity index (χ1) is 7.54. The maximum absolute atomic E-state index is 13.1. The van der Waals surface area contributed by atoms with Crippen molar-refractivity contribution in [3.05, 3.63) is 34.6 Å². The Bertz CT molecular complexity index is 381. The van der Waals surface area contributed by atoms with Crippen molar-refractivity contribution in [1.82, 2.24) is 0 Å². The molecule has 16 heavy (non-hydrogen) atoms. The molecule has 0 saturated heterocycles. The molecule has 1 aromatic rings. The summed E-state index contributed by atoms with van der Waals surface area (Å²) in [5.74, 6) is -0.292. The maximum Gasteiger partial charge on any atom is 0.146 e. The molecule has 88 valence electrons. The molecule has 0 fully saturated rings. The Morgan fingerprint density at radius 1 is 1.56 bits per heavy atom. The molecule has 1 nitrogen and oxygen atoms in total. The average Bonchev–Trinajstić information content (AvgIpc) is 2.24. The Morgan fingerprint density at radius 2 is 2.25 bits per heavy atom. The molecule has 1 atom stereocenters. The van der Waals surface area contributed by atoms with Crippen LogP contribution in [0.3, 0.4) is 0 Å². The molecule has 0 bridgehead atoms. The molecule has 0 aliphatic rings. The lowest BCUT2D eigenvalue weighted by Crippen LogP contribution is -2.16. The number of hydrogen-bond acceptors (Lipinski definition) is 1. The second-order valence-corrected chi connectivity index (χ2v) is 5.15. The average molecular weight is 308 g/mol. The van der Waals surface area contributed by atoms with Crippen LogP contribution in [0.5, 0.6) is 0 Å². The largest absolute Gasteiger partial charge is 0.298 e. The van der Waals surface area contributed by atoms with Crippen LogP contribution in [-0.4, -0.2) is 10.6 Å². The predicted molar refractivity (Wildman–Crippen MR) is 67.7 cm³/mol. The van der Waals surface area contributed by atoms with E-state index in [9.17, 15) is 9.18 Å². The van der Waals surface area contributed by atoms with Crippen LogP contribution in [0.1, 0.15) is 25.3 Å². The van der Waals surface area contributed by atoms with Gasteiger partial charge < -0.3 is 0 Å². The minimum Gasteiger partial charge on any atom is -0.298 e. The normalized spacial score (nSPS) is 12.5. The van der Waals surface area contributed by atoms with E-state index in [1.807, 2.05) is 6.92 Å². The first-order valence-electron chi connectivity index (χ1n) is 5.15. The monoisotopic (exact) mass is 306 g/mol. The van der Waals surface area contributed by atoms with Crippen molar-refractivity contribution in [3.63, 3.8) is 0 Å². The summed E-state index contributed by atoms with van der Waals surface area (Å²) in [5, 5.41) is 0.106.